The normalized spacial score (nSPS) is 27.2. The lowest BCUT2D eigenvalue weighted by Crippen LogP contribution is -2.33. The van der Waals surface area contributed by atoms with Gasteiger partial charge < -0.3 is 20.7 Å². The Morgan fingerprint density at radius 3 is 2.69 bits per heavy atom. The molecule has 2 aromatic rings. The van der Waals surface area contributed by atoms with Crippen molar-refractivity contribution in [2.24, 2.45) is 11.8 Å². The van der Waals surface area contributed by atoms with E-state index in [2.05, 4.69) is 20.5 Å². The molecule has 0 radical (unpaired) electrons. The fourth-order valence-electron chi connectivity index (χ4n) is 3.08. The monoisotopic (exact) mass is 372 g/mol. The minimum atomic E-state index is -4.76. The second-order valence-electron chi connectivity index (χ2n) is 5.85. The molecule has 12 heteroatoms. The van der Waals surface area contributed by atoms with Crippen LogP contribution in [0.3, 0.4) is 0 Å². The molecule has 1 aliphatic carbocycles. The molecule has 5 atom stereocenters. The van der Waals surface area contributed by atoms with E-state index in [1.165, 1.54) is 17.2 Å². The maximum absolute atomic E-state index is 12.2. The number of hydrogen-bond acceptors (Lipinski definition) is 8. The number of halogens is 3. The van der Waals surface area contributed by atoms with Crippen LogP contribution in [0.4, 0.5) is 19.0 Å². The third-order valence-corrected chi connectivity index (χ3v) is 4.31. The van der Waals surface area contributed by atoms with Crippen molar-refractivity contribution in [1.29, 1.82) is 0 Å². The molecule has 0 bridgehead atoms. The Bertz CT molecular complexity index is 861. The van der Waals surface area contributed by atoms with Gasteiger partial charge in [0.15, 0.2) is 11.5 Å². The van der Waals surface area contributed by atoms with E-state index in [0.717, 1.165) is 5.92 Å². The highest BCUT2D eigenvalue weighted by molar-refractivity contribution is 5.85. The van der Waals surface area contributed by atoms with Gasteiger partial charge in [0.25, 0.3) is 0 Å². The maximum Gasteiger partial charge on any atom is 0.457 e. The first-order valence-corrected chi connectivity index (χ1v) is 7.51. The summed E-state index contributed by atoms with van der Waals surface area (Å²) in [6, 6.07) is -0.824. The smallest absolute Gasteiger partial charge is 0.390 e. The van der Waals surface area contributed by atoms with E-state index in [0.29, 0.717) is 16.9 Å². The summed E-state index contributed by atoms with van der Waals surface area (Å²) in [6.45, 7) is 0. The third kappa shape index (κ3) is 3.29. The van der Waals surface area contributed by atoms with Gasteiger partial charge in [-0.25, -0.2) is 20.5 Å². The van der Waals surface area contributed by atoms with Crippen LogP contribution in [-0.2, 0) is 0 Å². The van der Waals surface area contributed by atoms with Crippen LogP contribution in [0.5, 0.6) is 0 Å². The highest BCUT2D eigenvalue weighted by Gasteiger charge is 2.46. The Labute approximate surface area is 144 Å². The van der Waals surface area contributed by atoms with Crippen LogP contribution in [0.2, 0.25) is 0 Å². The predicted octanol–water partition coefficient (Wildman–Crippen LogP) is -0.679. The van der Waals surface area contributed by atoms with Gasteiger partial charge >= 0.3 is 6.18 Å². The van der Waals surface area contributed by atoms with Crippen LogP contribution < -0.4 is 11.3 Å². The number of fused-ring (bicyclic) bond motifs is 1. The van der Waals surface area contributed by atoms with Gasteiger partial charge in [0.05, 0.1) is 23.7 Å². The first-order chi connectivity index (χ1) is 12.2. The van der Waals surface area contributed by atoms with E-state index in [9.17, 15) is 28.5 Å². The molecule has 0 saturated heterocycles. The molecule has 1 aliphatic rings. The van der Waals surface area contributed by atoms with Crippen LogP contribution in [0.15, 0.2) is 12.5 Å². The van der Waals surface area contributed by atoms with Gasteiger partial charge in [-0.3, -0.25) is 0 Å². The van der Waals surface area contributed by atoms with Crippen LogP contribution in [0.1, 0.15) is 12.5 Å². The van der Waals surface area contributed by atoms with E-state index in [1.54, 1.807) is 5.92 Å². The molecule has 26 heavy (non-hydrogen) atoms. The van der Waals surface area contributed by atoms with Crippen molar-refractivity contribution in [2.75, 3.05) is 5.43 Å². The van der Waals surface area contributed by atoms with Gasteiger partial charge in [-0.15, -0.1) is 0 Å². The molecule has 2 aromatic heterocycles. The molecule has 0 aliphatic heterocycles. The fraction of sp³-hybridized carbons (Fsp3) is 0.500. The van der Waals surface area contributed by atoms with Crippen molar-refractivity contribution in [2.45, 2.75) is 37.0 Å². The number of hydrogen-bond donors (Lipinski definition) is 5. The lowest BCUT2D eigenvalue weighted by molar-refractivity contribution is -0.0703. The topological polar surface area (TPSA) is 142 Å². The molecule has 0 spiro atoms. The number of aliphatic hydroxyl groups excluding tert-OH is 3. The third-order valence-electron chi connectivity index (χ3n) is 4.31. The average Bonchev–Trinajstić information content (AvgIpc) is 3.14. The second kappa shape index (κ2) is 6.69. The average molecular weight is 372 g/mol. The van der Waals surface area contributed by atoms with E-state index < -0.39 is 36.4 Å². The number of aromatic nitrogens is 4. The second-order valence-corrected chi connectivity index (χ2v) is 5.85. The van der Waals surface area contributed by atoms with Crippen LogP contribution >= 0.6 is 0 Å². The Kier molecular flexibility index (Phi) is 4.72. The lowest BCUT2D eigenvalue weighted by Gasteiger charge is -2.18. The van der Waals surface area contributed by atoms with Crippen LogP contribution in [0.25, 0.3) is 11.0 Å². The first-order valence-electron chi connectivity index (χ1n) is 7.51. The SMILES string of the molecule is NNc1ncnc2c1cnn2[C@@H]1C[C@H](C(O)C#CC(F)(F)F)[C@@H](O)[C@H]1O. The molecule has 0 amide bonds. The lowest BCUT2D eigenvalue weighted by atomic mass is 9.98. The first kappa shape index (κ1) is 18.3. The summed E-state index contributed by atoms with van der Waals surface area (Å²) in [4.78, 5) is 7.97. The van der Waals surface area contributed by atoms with Crippen molar-refractivity contribution < 1.29 is 28.5 Å². The summed E-state index contributed by atoms with van der Waals surface area (Å²) in [6.07, 6.45) is -6.82. The number of aliphatic hydroxyl groups is 3. The molecule has 1 saturated carbocycles. The van der Waals surface area contributed by atoms with Crippen molar-refractivity contribution >= 4 is 16.9 Å². The number of rotatable bonds is 3. The van der Waals surface area contributed by atoms with Crippen molar-refractivity contribution in [3.63, 3.8) is 0 Å². The summed E-state index contributed by atoms with van der Waals surface area (Å²) >= 11 is 0. The molecule has 1 fully saturated rings. The zero-order valence-corrected chi connectivity index (χ0v) is 13.1. The largest absolute Gasteiger partial charge is 0.457 e. The summed E-state index contributed by atoms with van der Waals surface area (Å²) in [5, 5.41) is 34.9. The predicted molar refractivity (Wildman–Crippen MR) is 82.1 cm³/mol. The molecule has 3 rings (SSSR count). The van der Waals surface area contributed by atoms with Gasteiger partial charge in [-0.05, 0) is 6.42 Å². The number of hydrazine groups is 1. The van der Waals surface area contributed by atoms with Gasteiger partial charge in [0.1, 0.15) is 18.5 Å². The Morgan fingerprint density at radius 2 is 2.04 bits per heavy atom. The number of nitrogens with one attached hydrogen (secondary N) is 1. The standard InChI is InChI=1S/C14H15F3N6O3/c15-14(16,17)2-1-9(24)6-3-8(11(26)10(6)25)23-13-7(4-21-23)12(22-18)19-5-20-13/h4-6,8-11,24-26H,3,18H2,(H,19,20,22)/t6-,8-,9?,10-,11+/m1/s1. The maximum atomic E-state index is 12.2. The minimum Gasteiger partial charge on any atom is -0.390 e. The molecule has 9 nitrogen and oxygen atoms in total. The molecular weight excluding hydrogens is 357 g/mol. The highest BCUT2D eigenvalue weighted by atomic mass is 19.4. The zero-order chi connectivity index (χ0) is 19.1. The van der Waals surface area contributed by atoms with E-state index in [-0.39, 0.29) is 6.42 Å². The van der Waals surface area contributed by atoms with Crippen molar-refractivity contribution in [1.82, 2.24) is 19.7 Å². The van der Waals surface area contributed by atoms with Gasteiger partial charge in [-0.1, -0.05) is 5.92 Å². The minimum absolute atomic E-state index is 0.0534. The van der Waals surface area contributed by atoms with Gasteiger partial charge in [0, 0.05) is 11.8 Å². The number of alkyl halides is 3. The summed E-state index contributed by atoms with van der Waals surface area (Å²) in [5.41, 5.74) is 2.68. The Hall–Kier alpha value is -2.46. The highest BCUT2D eigenvalue weighted by Crippen LogP contribution is 2.38. The summed E-state index contributed by atoms with van der Waals surface area (Å²) < 4.78 is 37.9. The van der Waals surface area contributed by atoms with E-state index in [1.807, 2.05) is 0 Å². The molecule has 140 valence electrons. The Balaban J connectivity index is 1.90. The van der Waals surface area contributed by atoms with Crippen molar-refractivity contribution in [3.8, 4) is 11.8 Å². The number of anilines is 1. The molecule has 1 unspecified atom stereocenters. The van der Waals surface area contributed by atoms with Gasteiger partial charge in [0.2, 0.25) is 0 Å². The molecule has 6 N–H and O–H groups in total. The quantitative estimate of drug-likeness (QED) is 0.271. The molecule has 0 aromatic carbocycles. The Morgan fingerprint density at radius 1 is 1.31 bits per heavy atom. The van der Waals surface area contributed by atoms with Crippen LogP contribution in [0, 0.1) is 17.8 Å². The zero-order valence-electron chi connectivity index (χ0n) is 13.1. The number of nitrogens with two attached hydrogens (primary N) is 1. The molecule has 2 heterocycles. The fourth-order valence-corrected chi connectivity index (χ4v) is 3.08. The number of nitrogen functional groups attached to an aromatic ring is 1. The van der Waals surface area contributed by atoms with Crippen LogP contribution in [-0.4, -0.2) is 59.6 Å². The molecular formula is C14H15F3N6O3. The summed E-state index contributed by atoms with van der Waals surface area (Å²) in [7, 11) is 0. The van der Waals surface area contributed by atoms with Crippen molar-refractivity contribution in [3.05, 3.63) is 12.5 Å². The van der Waals surface area contributed by atoms with E-state index >= 15 is 0 Å². The summed E-state index contributed by atoms with van der Waals surface area (Å²) in [5.74, 6) is 7.19. The number of nitrogens with zero attached hydrogens (tertiary/aromatic N) is 4. The van der Waals surface area contributed by atoms with E-state index in [4.69, 9.17) is 5.84 Å². The van der Waals surface area contributed by atoms with Gasteiger partial charge in [-0.2, -0.15) is 18.3 Å².